The molecule has 1 aliphatic heterocycles. The lowest BCUT2D eigenvalue weighted by Gasteiger charge is -2.42. The number of rotatable bonds is 9. The maximum atomic E-state index is 10.5. The van der Waals surface area contributed by atoms with E-state index < -0.39 is 5.97 Å². The molecule has 0 bridgehead atoms. The van der Waals surface area contributed by atoms with E-state index in [2.05, 4.69) is 4.90 Å². The van der Waals surface area contributed by atoms with Crippen molar-refractivity contribution in [1.82, 2.24) is 4.90 Å². The number of benzene rings is 1. The van der Waals surface area contributed by atoms with Crippen molar-refractivity contribution in [2.24, 2.45) is 5.41 Å². The lowest BCUT2D eigenvalue weighted by Crippen LogP contribution is -2.45. The van der Waals surface area contributed by atoms with E-state index >= 15 is 0 Å². The molecule has 1 aliphatic rings. The molecule has 0 saturated carbocycles. The Hall–Kier alpha value is -1.63. The summed E-state index contributed by atoms with van der Waals surface area (Å²) in [5, 5.41) is 18.5. The number of aliphatic hydroxyl groups excluding tert-OH is 1. The summed E-state index contributed by atoms with van der Waals surface area (Å²) in [5.41, 5.74) is 1.08. The largest absolute Gasteiger partial charge is 0.482 e. The van der Waals surface area contributed by atoms with E-state index in [9.17, 15) is 9.90 Å². The second-order valence-corrected chi connectivity index (χ2v) is 6.54. The second-order valence-electron chi connectivity index (χ2n) is 6.54. The Labute approximate surface area is 143 Å². The Bertz CT molecular complexity index is 519. The third kappa shape index (κ3) is 5.47. The Morgan fingerprint density at radius 2 is 2.08 bits per heavy atom. The smallest absolute Gasteiger partial charge is 0.341 e. The minimum atomic E-state index is -0.983. The monoisotopic (exact) mass is 337 g/mol. The van der Waals surface area contributed by atoms with Gasteiger partial charge in [0.25, 0.3) is 0 Å². The first-order chi connectivity index (χ1) is 11.6. The van der Waals surface area contributed by atoms with E-state index in [4.69, 9.17) is 14.6 Å². The SMILES string of the molecule is COCCC1(CO)CCCN(Cc2ccc(OCC(=O)O)cc2)C1. The molecule has 1 aromatic carbocycles. The van der Waals surface area contributed by atoms with Crippen molar-refractivity contribution in [1.29, 1.82) is 0 Å². The summed E-state index contributed by atoms with van der Waals surface area (Å²) < 4.78 is 10.3. The van der Waals surface area contributed by atoms with Crippen LogP contribution in [-0.2, 0) is 16.1 Å². The first-order valence-corrected chi connectivity index (χ1v) is 8.33. The van der Waals surface area contributed by atoms with Crippen LogP contribution in [-0.4, -0.2) is 61.1 Å². The van der Waals surface area contributed by atoms with Gasteiger partial charge in [-0.2, -0.15) is 0 Å². The van der Waals surface area contributed by atoms with Gasteiger partial charge in [-0.25, -0.2) is 4.79 Å². The van der Waals surface area contributed by atoms with Crippen LogP contribution in [0, 0.1) is 5.41 Å². The summed E-state index contributed by atoms with van der Waals surface area (Å²) in [6.07, 6.45) is 2.98. The fraction of sp³-hybridized carbons (Fsp3) is 0.611. The van der Waals surface area contributed by atoms with Gasteiger partial charge in [0.1, 0.15) is 5.75 Å². The molecule has 1 heterocycles. The van der Waals surface area contributed by atoms with Crippen LogP contribution in [0.15, 0.2) is 24.3 Å². The van der Waals surface area contributed by atoms with Crippen molar-refractivity contribution in [2.45, 2.75) is 25.8 Å². The number of hydrogen-bond donors (Lipinski definition) is 2. The van der Waals surface area contributed by atoms with Crippen LogP contribution in [0.25, 0.3) is 0 Å². The van der Waals surface area contributed by atoms with Crippen molar-refractivity contribution >= 4 is 5.97 Å². The molecule has 1 unspecified atom stereocenters. The molecule has 24 heavy (non-hydrogen) atoms. The van der Waals surface area contributed by atoms with E-state index in [1.165, 1.54) is 0 Å². The number of likely N-dealkylation sites (tertiary alicyclic amines) is 1. The molecular formula is C18H27NO5. The summed E-state index contributed by atoms with van der Waals surface area (Å²) in [5.74, 6) is -0.423. The van der Waals surface area contributed by atoms with E-state index in [1.54, 1.807) is 19.2 Å². The molecule has 1 aromatic rings. The molecule has 0 radical (unpaired) electrons. The van der Waals surface area contributed by atoms with Crippen molar-refractivity contribution in [3.63, 3.8) is 0 Å². The minimum absolute atomic E-state index is 0.0706. The molecule has 134 valence electrons. The number of piperidine rings is 1. The van der Waals surface area contributed by atoms with Crippen LogP contribution in [0.5, 0.6) is 5.75 Å². The number of carbonyl (C=O) groups is 1. The molecular weight excluding hydrogens is 310 g/mol. The fourth-order valence-electron chi connectivity index (χ4n) is 3.27. The molecule has 1 fully saturated rings. The summed E-state index contributed by atoms with van der Waals surface area (Å²) in [4.78, 5) is 12.9. The zero-order valence-electron chi connectivity index (χ0n) is 14.2. The fourth-order valence-corrected chi connectivity index (χ4v) is 3.27. The summed E-state index contributed by atoms with van der Waals surface area (Å²) >= 11 is 0. The molecule has 6 heteroatoms. The minimum Gasteiger partial charge on any atom is -0.482 e. The molecule has 0 spiro atoms. The van der Waals surface area contributed by atoms with Crippen LogP contribution in [0.4, 0.5) is 0 Å². The van der Waals surface area contributed by atoms with Gasteiger partial charge in [0, 0.05) is 32.2 Å². The number of nitrogens with zero attached hydrogens (tertiary/aromatic N) is 1. The van der Waals surface area contributed by atoms with Gasteiger partial charge in [0.15, 0.2) is 6.61 Å². The predicted octanol–water partition coefficient (Wildman–Crippen LogP) is 1.76. The number of carboxylic acids is 1. The number of methoxy groups -OCH3 is 1. The molecule has 2 N–H and O–H groups in total. The van der Waals surface area contributed by atoms with Crippen LogP contribution < -0.4 is 4.74 Å². The lowest BCUT2D eigenvalue weighted by molar-refractivity contribution is -0.139. The highest BCUT2D eigenvalue weighted by Gasteiger charge is 2.34. The number of hydrogen-bond acceptors (Lipinski definition) is 5. The van der Waals surface area contributed by atoms with Crippen molar-refractivity contribution in [3.05, 3.63) is 29.8 Å². The summed E-state index contributed by atoms with van der Waals surface area (Å²) in [6.45, 7) is 3.23. The van der Waals surface area contributed by atoms with Gasteiger partial charge in [0.2, 0.25) is 0 Å². The molecule has 0 aromatic heterocycles. The number of aliphatic hydroxyl groups is 1. The van der Waals surface area contributed by atoms with Gasteiger partial charge in [-0.3, -0.25) is 4.90 Å². The zero-order valence-corrected chi connectivity index (χ0v) is 14.2. The second kappa shape index (κ2) is 9.01. The summed E-state index contributed by atoms with van der Waals surface area (Å²) in [7, 11) is 1.69. The van der Waals surface area contributed by atoms with E-state index in [0.717, 1.165) is 44.5 Å². The Morgan fingerprint density at radius 3 is 2.71 bits per heavy atom. The lowest BCUT2D eigenvalue weighted by atomic mass is 9.78. The highest BCUT2D eigenvalue weighted by atomic mass is 16.5. The van der Waals surface area contributed by atoms with Gasteiger partial charge < -0.3 is 19.7 Å². The van der Waals surface area contributed by atoms with Crippen molar-refractivity contribution < 1.29 is 24.5 Å². The first-order valence-electron chi connectivity index (χ1n) is 8.33. The predicted molar refractivity (Wildman–Crippen MR) is 90.1 cm³/mol. The van der Waals surface area contributed by atoms with Gasteiger partial charge >= 0.3 is 5.97 Å². The quantitative estimate of drug-likeness (QED) is 0.715. The van der Waals surface area contributed by atoms with Gasteiger partial charge in [-0.05, 0) is 43.5 Å². The maximum Gasteiger partial charge on any atom is 0.341 e. The molecule has 1 atom stereocenters. The van der Waals surface area contributed by atoms with Crippen LogP contribution in [0.2, 0.25) is 0 Å². The van der Waals surface area contributed by atoms with Crippen LogP contribution in [0.3, 0.4) is 0 Å². The van der Waals surface area contributed by atoms with E-state index in [-0.39, 0.29) is 18.6 Å². The normalized spacial score (nSPS) is 21.6. The topological polar surface area (TPSA) is 79.2 Å². The van der Waals surface area contributed by atoms with Crippen LogP contribution >= 0.6 is 0 Å². The van der Waals surface area contributed by atoms with Gasteiger partial charge in [0.05, 0.1) is 6.61 Å². The average molecular weight is 337 g/mol. The number of carboxylic acid groups (broad SMARTS) is 1. The standard InChI is InChI=1S/C18H27NO5/c1-23-10-8-18(14-20)7-2-9-19(13-18)11-15-3-5-16(6-4-15)24-12-17(21)22/h3-6,20H,2,7-14H2,1H3,(H,21,22). The van der Waals surface area contributed by atoms with Crippen molar-refractivity contribution in [3.8, 4) is 5.75 Å². The van der Waals surface area contributed by atoms with E-state index in [1.807, 2.05) is 12.1 Å². The Kier molecular flexibility index (Phi) is 7.02. The molecule has 1 saturated heterocycles. The summed E-state index contributed by atoms with van der Waals surface area (Å²) in [6, 6.07) is 7.52. The highest BCUT2D eigenvalue weighted by molar-refractivity contribution is 5.68. The molecule has 0 amide bonds. The third-order valence-electron chi connectivity index (χ3n) is 4.60. The number of ether oxygens (including phenoxy) is 2. The highest BCUT2D eigenvalue weighted by Crippen LogP contribution is 2.33. The Morgan fingerprint density at radius 1 is 1.33 bits per heavy atom. The zero-order chi connectivity index (χ0) is 17.4. The molecule has 6 nitrogen and oxygen atoms in total. The molecule has 0 aliphatic carbocycles. The third-order valence-corrected chi connectivity index (χ3v) is 4.60. The maximum absolute atomic E-state index is 10.5. The Balaban J connectivity index is 1.91. The number of aliphatic carboxylic acids is 1. The first kappa shape index (κ1) is 18.7. The van der Waals surface area contributed by atoms with Crippen LogP contribution in [0.1, 0.15) is 24.8 Å². The van der Waals surface area contributed by atoms with Gasteiger partial charge in [-0.1, -0.05) is 12.1 Å². The van der Waals surface area contributed by atoms with Crippen molar-refractivity contribution in [2.75, 3.05) is 40.0 Å². The molecule has 2 rings (SSSR count). The average Bonchev–Trinajstić information content (AvgIpc) is 2.59. The van der Waals surface area contributed by atoms with Gasteiger partial charge in [-0.15, -0.1) is 0 Å². The van der Waals surface area contributed by atoms with E-state index in [0.29, 0.717) is 12.4 Å².